The van der Waals surface area contributed by atoms with Gasteiger partial charge in [-0.05, 0) is 18.9 Å². The van der Waals surface area contributed by atoms with Gasteiger partial charge in [0.1, 0.15) is 22.8 Å². The molecular weight excluding hydrogens is 428 g/mol. The quantitative estimate of drug-likeness (QED) is 0.414. The summed E-state index contributed by atoms with van der Waals surface area (Å²) in [6.45, 7) is 2.16. The van der Waals surface area contributed by atoms with Crippen LogP contribution < -0.4 is 10.1 Å². The van der Waals surface area contributed by atoms with E-state index in [0.29, 0.717) is 26.2 Å². The maximum Gasteiger partial charge on any atom is 0.254 e. The zero-order valence-electron chi connectivity index (χ0n) is 18.1. The number of aromatic hydroxyl groups is 2. The van der Waals surface area contributed by atoms with Crippen LogP contribution in [0.25, 0.3) is 0 Å². The van der Waals surface area contributed by atoms with Crippen molar-refractivity contribution in [1.29, 1.82) is 0 Å². The van der Waals surface area contributed by atoms with Gasteiger partial charge in [-0.3, -0.25) is 14.4 Å². The lowest BCUT2D eigenvalue weighted by molar-refractivity contribution is -0.153. The van der Waals surface area contributed by atoms with Crippen LogP contribution in [0.5, 0.6) is 17.2 Å². The van der Waals surface area contributed by atoms with Crippen LogP contribution in [0.1, 0.15) is 49.4 Å². The summed E-state index contributed by atoms with van der Waals surface area (Å²) in [7, 11) is 1.38. The number of nitrogens with one attached hydrogen (secondary N) is 1. The molecule has 1 heterocycles. The van der Waals surface area contributed by atoms with Crippen molar-refractivity contribution < 1.29 is 34.4 Å². The molecule has 2 aromatic carbocycles. The van der Waals surface area contributed by atoms with Gasteiger partial charge in [0.05, 0.1) is 23.8 Å². The second-order valence-corrected chi connectivity index (χ2v) is 8.70. The van der Waals surface area contributed by atoms with Gasteiger partial charge in [0.2, 0.25) is 5.78 Å². The molecule has 9 heteroatoms. The standard InChI is InChI=1S/C24H24N2O7/c1-33-15-4-2-3-13-16(15)22(30)18-17(20(13)28)21(29)14-11-24(32,6-5-12(14)19(18)27)23(31)26-9-7-25-8-10-26/h2-4,25,27,29,32H,5-11H2,1H3/t24-/m1/s1. The molecule has 0 bridgehead atoms. The highest BCUT2D eigenvalue weighted by Gasteiger charge is 2.47. The van der Waals surface area contributed by atoms with Crippen molar-refractivity contribution in [2.24, 2.45) is 0 Å². The highest BCUT2D eigenvalue weighted by Crippen LogP contribution is 2.48. The topological polar surface area (TPSA) is 136 Å². The maximum atomic E-state index is 13.3. The number of phenolic OH excluding ortho intramolecular Hbond substituents is 2. The van der Waals surface area contributed by atoms with Crippen molar-refractivity contribution in [1.82, 2.24) is 10.2 Å². The van der Waals surface area contributed by atoms with Crippen LogP contribution in [0.2, 0.25) is 0 Å². The lowest BCUT2D eigenvalue weighted by Gasteiger charge is -2.39. The second-order valence-electron chi connectivity index (χ2n) is 8.70. The molecule has 33 heavy (non-hydrogen) atoms. The van der Waals surface area contributed by atoms with Crippen molar-refractivity contribution in [2.75, 3.05) is 33.3 Å². The van der Waals surface area contributed by atoms with E-state index in [1.807, 2.05) is 0 Å². The first-order valence-electron chi connectivity index (χ1n) is 10.9. The van der Waals surface area contributed by atoms with E-state index in [4.69, 9.17) is 4.74 Å². The highest BCUT2D eigenvalue weighted by molar-refractivity contribution is 6.31. The Hall–Kier alpha value is -3.43. The Morgan fingerprint density at radius 2 is 1.70 bits per heavy atom. The molecule has 0 aromatic heterocycles. The number of methoxy groups -OCH3 is 1. The second kappa shape index (κ2) is 7.57. The normalized spacial score (nSPS) is 21.8. The minimum absolute atomic E-state index is 0.0244. The Kier molecular flexibility index (Phi) is 4.91. The van der Waals surface area contributed by atoms with E-state index in [-0.39, 0.29) is 58.4 Å². The SMILES string of the molecule is COc1cccc2c1C(=O)c1c(O)c3c(c(O)c1C2=O)C[C@@](O)(C(=O)N1CCNCC1)CC3. The molecule has 3 aliphatic rings. The van der Waals surface area contributed by atoms with Crippen LogP contribution in [0.4, 0.5) is 0 Å². The van der Waals surface area contributed by atoms with Crippen molar-refractivity contribution >= 4 is 17.5 Å². The van der Waals surface area contributed by atoms with Crippen molar-refractivity contribution in [2.45, 2.75) is 24.9 Å². The van der Waals surface area contributed by atoms with Crippen molar-refractivity contribution in [3.8, 4) is 17.2 Å². The van der Waals surface area contributed by atoms with Gasteiger partial charge in [0.25, 0.3) is 5.91 Å². The third-order valence-electron chi connectivity index (χ3n) is 6.89. The van der Waals surface area contributed by atoms with E-state index in [0.717, 1.165) is 0 Å². The summed E-state index contributed by atoms with van der Waals surface area (Å²) in [6, 6.07) is 4.57. The Morgan fingerprint density at radius 3 is 2.39 bits per heavy atom. The van der Waals surface area contributed by atoms with Gasteiger partial charge >= 0.3 is 0 Å². The molecule has 1 fully saturated rings. The van der Waals surface area contributed by atoms with Crippen LogP contribution in [0.3, 0.4) is 0 Å². The Labute approximate surface area is 189 Å². The van der Waals surface area contributed by atoms with E-state index in [9.17, 15) is 29.7 Å². The molecule has 1 atom stereocenters. The summed E-state index contributed by atoms with van der Waals surface area (Å²) in [5.74, 6) is -2.37. The largest absolute Gasteiger partial charge is 0.507 e. The number of fused-ring (bicyclic) bond motifs is 3. The van der Waals surface area contributed by atoms with E-state index >= 15 is 0 Å². The number of benzene rings is 2. The van der Waals surface area contributed by atoms with Gasteiger partial charge < -0.3 is 30.3 Å². The average molecular weight is 452 g/mol. The summed E-state index contributed by atoms with van der Waals surface area (Å²) >= 11 is 0. The van der Waals surface area contributed by atoms with Crippen LogP contribution in [0.15, 0.2) is 18.2 Å². The molecule has 1 saturated heterocycles. The fraction of sp³-hybridized carbons (Fsp3) is 0.375. The number of hydrogen-bond acceptors (Lipinski definition) is 8. The molecule has 172 valence electrons. The van der Waals surface area contributed by atoms with E-state index < -0.39 is 34.6 Å². The first-order valence-corrected chi connectivity index (χ1v) is 10.9. The van der Waals surface area contributed by atoms with Gasteiger partial charge in [0, 0.05) is 49.3 Å². The number of hydrogen-bond donors (Lipinski definition) is 4. The van der Waals surface area contributed by atoms with Crippen LogP contribution in [0, 0.1) is 0 Å². The summed E-state index contributed by atoms with van der Waals surface area (Å²) in [5, 5.41) is 36.5. The first-order chi connectivity index (χ1) is 15.8. The zero-order chi connectivity index (χ0) is 23.5. The molecule has 0 saturated carbocycles. The third-order valence-corrected chi connectivity index (χ3v) is 6.89. The molecule has 1 amide bonds. The highest BCUT2D eigenvalue weighted by atomic mass is 16.5. The fourth-order valence-corrected chi connectivity index (χ4v) is 5.17. The summed E-state index contributed by atoms with van der Waals surface area (Å²) < 4.78 is 5.24. The number of carbonyl (C=O) groups excluding carboxylic acids is 3. The van der Waals surface area contributed by atoms with Gasteiger partial charge in [-0.25, -0.2) is 0 Å². The number of rotatable bonds is 2. The summed E-state index contributed by atoms with van der Waals surface area (Å²) in [4.78, 5) is 41.3. The number of phenols is 2. The summed E-state index contributed by atoms with van der Waals surface area (Å²) in [5.41, 5.74) is -1.87. The van der Waals surface area contributed by atoms with Gasteiger partial charge in [-0.15, -0.1) is 0 Å². The van der Waals surface area contributed by atoms with Gasteiger partial charge in [-0.1, -0.05) is 12.1 Å². The number of aliphatic hydroxyl groups is 1. The van der Waals surface area contributed by atoms with Crippen LogP contribution >= 0.6 is 0 Å². The molecule has 0 spiro atoms. The van der Waals surface area contributed by atoms with Crippen LogP contribution in [-0.2, 0) is 17.6 Å². The Balaban J connectivity index is 1.62. The number of carbonyl (C=O) groups is 3. The number of piperazine rings is 1. The molecule has 2 aromatic rings. The molecule has 9 nitrogen and oxygen atoms in total. The Morgan fingerprint density at radius 1 is 1.03 bits per heavy atom. The van der Waals surface area contributed by atoms with E-state index in [1.54, 1.807) is 17.0 Å². The smallest absolute Gasteiger partial charge is 0.254 e. The molecular formula is C24H24N2O7. The van der Waals surface area contributed by atoms with Crippen molar-refractivity contribution in [3.63, 3.8) is 0 Å². The van der Waals surface area contributed by atoms with E-state index in [1.165, 1.54) is 13.2 Å². The van der Waals surface area contributed by atoms with Crippen molar-refractivity contribution in [3.05, 3.63) is 51.6 Å². The first kappa shape index (κ1) is 21.4. The number of ether oxygens (including phenoxy) is 1. The van der Waals surface area contributed by atoms with E-state index in [2.05, 4.69) is 5.32 Å². The van der Waals surface area contributed by atoms with Gasteiger partial charge in [0.15, 0.2) is 5.78 Å². The third kappa shape index (κ3) is 3.03. The average Bonchev–Trinajstić information content (AvgIpc) is 2.84. The Bertz CT molecular complexity index is 1220. The minimum atomic E-state index is -1.77. The maximum absolute atomic E-state index is 13.3. The number of ketones is 2. The molecule has 0 radical (unpaired) electrons. The molecule has 0 unspecified atom stereocenters. The molecule has 5 rings (SSSR count). The van der Waals surface area contributed by atoms with Gasteiger partial charge in [-0.2, -0.15) is 0 Å². The predicted molar refractivity (Wildman–Crippen MR) is 116 cm³/mol. The zero-order valence-corrected chi connectivity index (χ0v) is 18.1. The predicted octanol–water partition coefficient (Wildman–Crippen LogP) is 0.533. The minimum Gasteiger partial charge on any atom is -0.507 e. The lowest BCUT2D eigenvalue weighted by Crippen LogP contribution is -2.56. The number of nitrogens with zero attached hydrogens (tertiary/aromatic N) is 1. The lowest BCUT2D eigenvalue weighted by atomic mass is 9.73. The molecule has 4 N–H and O–H groups in total. The fourth-order valence-electron chi connectivity index (χ4n) is 5.17. The molecule has 2 aliphatic carbocycles. The summed E-state index contributed by atoms with van der Waals surface area (Å²) in [6.07, 6.45) is -0.169. The van der Waals surface area contributed by atoms with Crippen LogP contribution in [-0.4, -0.2) is 76.6 Å². The number of amides is 1. The molecule has 1 aliphatic heterocycles. The monoisotopic (exact) mass is 452 g/mol.